The van der Waals surface area contributed by atoms with Crippen molar-refractivity contribution in [1.82, 2.24) is 20.1 Å². The van der Waals surface area contributed by atoms with Crippen LogP contribution in [-0.2, 0) is 4.79 Å². The molecule has 0 saturated carbocycles. The fourth-order valence-electron chi connectivity index (χ4n) is 5.68. The zero-order valence-corrected chi connectivity index (χ0v) is 27.5. The molecule has 4 rings (SSSR count). The molecule has 2 aromatic rings. The minimum Gasteiger partial charge on any atom is -0.383 e. The van der Waals surface area contributed by atoms with Crippen molar-refractivity contribution in [2.24, 2.45) is 5.41 Å². The molecule has 236 valence electrons. The van der Waals surface area contributed by atoms with E-state index in [2.05, 4.69) is 60.9 Å². The molecule has 1 amide bonds. The standard InChI is InChI=1S/C34H46N6O.C2H6.2H2/c1-8-24(23-39(6)7)26-19-30(37-22-26)27-11-9-12-29(28(27)21-35)38-31-20-25(13-15-33(31,2)3)32(41)36-16-18-40-17-10-14-34(40,4)5;1-2;;/h8-9,11-13,19-23,35,37-38H,1,10,14-18H2,2-7H3,(H,36,41);1-2H3;2*1H/b24-23+,35-21?;;;. The number of aromatic nitrogens is 1. The first-order chi connectivity index (χ1) is 20.4. The first kappa shape index (κ1) is 33.7. The Hall–Kier alpha value is -3.84. The lowest BCUT2D eigenvalue weighted by Crippen LogP contribution is -2.43. The molecule has 2 aliphatic rings. The van der Waals surface area contributed by atoms with Crippen LogP contribution in [-0.4, -0.2) is 66.2 Å². The maximum atomic E-state index is 13.1. The second-order valence-corrected chi connectivity index (χ2v) is 12.6. The van der Waals surface area contributed by atoms with Gasteiger partial charge >= 0.3 is 0 Å². The minimum atomic E-state index is -0.186. The maximum Gasteiger partial charge on any atom is 0.251 e. The molecule has 0 unspecified atom stereocenters. The van der Waals surface area contributed by atoms with Gasteiger partial charge in [-0.05, 0) is 63.4 Å². The molecular formula is C36H56N6O. The highest BCUT2D eigenvalue weighted by Crippen LogP contribution is 2.38. The third-order valence-corrected chi connectivity index (χ3v) is 8.31. The number of likely N-dealkylation sites (tertiary alicyclic amines) is 1. The quantitative estimate of drug-likeness (QED) is 0.159. The molecule has 1 saturated heterocycles. The smallest absolute Gasteiger partial charge is 0.251 e. The molecular weight excluding hydrogens is 532 g/mol. The largest absolute Gasteiger partial charge is 0.383 e. The van der Waals surface area contributed by atoms with Crippen LogP contribution in [0.15, 0.2) is 72.7 Å². The summed E-state index contributed by atoms with van der Waals surface area (Å²) in [5.74, 6) is -0.0412. The molecule has 1 fully saturated rings. The third kappa shape index (κ3) is 8.17. The summed E-state index contributed by atoms with van der Waals surface area (Å²) in [6, 6.07) is 8.09. The van der Waals surface area contributed by atoms with Gasteiger partial charge in [0.25, 0.3) is 5.91 Å². The van der Waals surface area contributed by atoms with Crippen LogP contribution in [0.2, 0.25) is 0 Å². The molecule has 0 radical (unpaired) electrons. The number of amides is 1. The molecule has 1 aromatic carbocycles. The third-order valence-electron chi connectivity index (χ3n) is 8.31. The van der Waals surface area contributed by atoms with Crippen LogP contribution in [0.5, 0.6) is 0 Å². The van der Waals surface area contributed by atoms with E-state index in [1.165, 1.54) is 19.1 Å². The van der Waals surface area contributed by atoms with Crippen molar-refractivity contribution >= 4 is 23.4 Å². The number of anilines is 1. The van der Waals surface area contributed by atoms with E-state index in [-0.39, 0.29) is 19.7 Å². The van der Waals surface area contributed by atoms with E-state index in [1.54, 1.807) is 0 Å². The van der Waals surface area contributed by atoms with Gasteiger partial charge in [0.05, 0.1) is 0 Å². The summed E-state index contributed by atoms with van der Waals surface area (Å²) in [7, 11) is 3.97. The Labute approximate surface area is 262 Å². The van der Waals surface area contributed by atoms with E-state index in [4.69, 9.17) is 5.41 Å². The number of carbonyl (C=O) groups excluding carboxylic acids is 1. The van der Waals surface area contributed by atoms with Gasteiger partial charge in [-0.25, -0.2) is 0 Å². The van der Waals surface area contributed by atoms with Crippen molar-refractivity contribution in [2.45, 2.75) is 66.3 Å². The van der Waals surface area contributed by atoms with Gasteiger partial charge in [-0.1, -0.05) is 58.6 Å². The lowest BCUT2D eigenvalue weighted by atomic mass is 9.80. The summed E-state index contributed by atoms with van der Waals surface area (Å²) in [5.41, 5.74) is 7.16. The van der Waals surface area contributed by atoms with E-state index in [1.807, 2.05) is 81.7 Å². The van der Waals surface area contributed by atoms with E-state index in [9.17, 15) is 4.79 Å². The van der Waals surface area contributed by atoms with Crippen LogP contribution in [0.4, 0.5) is 5.69 Å². The van der Waals surface area contributed by atoms with Gasteiger partial charge in [0, 0.05) is 98.9 Å². The fraction of sp³-hybridized carbons (Fsp3) is 0.444. The predicted octanol–water partition coefficient (Wildman–Crippen LogP) is 7.93. The van der Waals surface area contributed by atoms with Crippen LogP contribution < -0.4 is 10.6 Å². The number of nitrogens with one attached hydrogen (secondary N) is 4. The summed E-state index contributed by atoms with van der Waals surface area (Å²) in [6.07, 6.45) is 14.4. The van der Waals surface area contributed by atoms with Gasteiger partial charge in [0.1, 0.15) is 0 Å². The van der Waals surface area contributed by atoms with Gasteiger partial charge in [-0.15, -0.1) is 0 Å². The number of H-pyrrole nitrogens is 1. The van der Waals surface area contributed by atoms with Crippen molar-refractivity contribution in [2.75, 3.05) is 39.0 Å². The van der Waals surface area contributed by atoms with Crippen molar-refractivity contribution in [3.05, 3.63) is 83.9 Å². The molecule has 1 aliphatic carbocycles. The predicted molar refractivity (Wildman–Crippen MR) is 188 cm³/mol. The molecule has 7 nitrogen and oxygen atoms in total. The SMILES string of the molecule is C=C/C(=C\N(C)C)c1c[nH]c(-c2cccc(NC3=CC(C(=O)NCCN4CCCC4(C)C)=CCC3(C)C)c2C=N)c1.CC.[HH].[HH]. The molecule has 2 heterocycles. The summed E-state index contributed by atoms with van der Waals surface area (Å²) < 4.78 is 0. The lowest BCUT2D eigenvalue weighted by molar-refractivity contribution is -0.117. The van der Waals surface area contributed by atoms with E-state index in [0.717, 1.165) is 58.9 Å². The normalized spacial score (nSPS) is 17.6. The molecule has 0 atom stereocenters. The molecule has 1 aliphatic heterocycles. The Balaban J connectivity index is 0.00000248. The summed E-state index contributed by atoms with van der Waals surface area (Å²) in [4.78, 5) is 21.0. The van der Waals surface area contributed by atoms with Crippen molar-refractivity contribution in [3.8, 4) is 11.3 Å². The second kappa shape index (κ2) is 14.6. The highest BCUT2D eigenvalue weighted by Gasteiger charge is 2.32. The highest BCUT2D eigenvalue weighted by atomic mass is 16.1. The van der Waals surface area contributed by atoms with Crippen LogP contribution in [0.25, 0.3) is 16.8 Å². The zero-order valence-electron chi connectivity index (χ0n) is 27.5. The van der Waals surface area contributed by atoms with Crippen LogP contribution in [0.3, 0.4) is 0 Å². The van der Waals surface area contributed by atoms with Crippen molar-refractivity contribution < 1.29 is 7.65 Å². The van der Waals surface area contributed by atoms with Gasteiger partial charge in [-0.3, -0.25) is 9.69 Å². The molecule has 0 spiro atoms. The van der Waals surface area contributed by atoms with E-state index in [0.29, 0.717) is 12.1 Å². The molecule has 43 heavy (non-hydrogen) atoms. The number of allylic oxidation sites excluding steroid dienone is 4. The fourth-order valence-corrected chi connectivity index (χ4v) is 5.68. The summed E-state index contributed by atoms with van der Waals surface area (Å²) in [6.45, 7) is 19.5. The number of aromatic amines is 1. The Morgan fingerprint density at radius 3 is 2.60 bits per heavy atom. The van der Waals surface area contributed by atoms with Gasteiger partial charge in [-0.2, -0.15) is 0 Å². The molecule has 1 aromatic heterocycles. The number of hydrogen-bond donors (Lipinski definition) is 4. The topological polar surface area (TPSA) is 87.2 Å². The summed E-state index contributed by atoms with van der Waals surface area (Å²) >= 11 is 0. The number of rotatable bonds is 11. The monoisotopic (exact) mass is 588 g/mol. The van der Waals surface area contributed by atoms with Crippen LogP contribution in [0.1, 0.15) is 74.8 Å². The van der Waals surface area contributed by atoms with Crippen LogP contribution >= 0.6 is 0 Å². The van der Waals surface area contributed by atoms with Crippen molar-refractivity contribution in [1.29, 1.82) is 5.41 Å². The minimum absolute atomic E-state index is 0. The number of carbonyl (C=O) groups is 1. The van der Waals surface area contributed by atoms with Crippen molar-refractivity contribution in [3.63, 3.8) is 0 Å². The Kier molecular flexibility index (Phi) is 11.4. The van der Waals surface area contributed by atoms with Gasteiger partial charge < -0.3 is 25.9 Å². The average Bonchev–Trinajstić information content (AvgIpc) is 3.59. The van der Waals surface area contributed by atoms with E-state index >= 15 is 0 Å². The number of nitrogens with zero attached hydrogens (tertiary/aromatic N) is 2. The lowest BCUT2D eigenvalue weighted by Gasteiger charge is -2.33. The Bertz CT molecular complexity index is 1400. The first-order valence-corrected chi connectivity index (χ1v) is 15.5. The second-order valence-electron chi connectivity index (χ2n) is 12.6. The maximum absolute atomic E-state index is 13.1. The molecule has 7 heteroatoms. The summed E-state index contributed by atoms with van der Waals surface area (Å²) in [5, 5.41) is 15.0. The number of benzene rings is 1. The van der Waals surface area contributed by atoms with E-state index < -0.39 is 0 Å². The highest BCUT2D eigenvalue weighted by molar-refractivity contribution is 5.98. The molecule has 4 N–H and O–H groups in total. The number of hydrogen-bond acceptors (Lipinski definition) is 5. The van der Waals surface area contributed by atoms with Crippen LogP contribution in [0, 0.1) is 10.8 Å². The average molecular weight is 589 g/mol. The Morgan fingerprint density at radius 1 is 1.23 bits per heavy atom. The Morgan fingerprint density at radius 2 is 1.98 bits per heavy atom. The zero-order chi connectivity index (χ0) is 31.8. The first-order valence-electron chi connectivity index (χ1n) is 15.5. The molecule has 0 bridgehead atoms. The van der Waals surface area contributed by atoms with Gasteiger partial charge in [0.15, 0.2) is 0 Å². The van der Waals surface area contributed by atoms with Gasteiger partial charge in [0.2, 0.25) is 0 Å².